The van der Waals surface area contributed by atoms with Crippen LogP contribution >= 0.6 is 0 Å². The first-order valence-electron chi connectivity index (χ1n) is 6.59. The van der Waals surface area contributed by atoms with Gasteiger partial charge in [-0.2, -0.15) is 30.4 Å². The molecule has 14 heteroatoms. The van der Waals surface area contributed by atoms with Crippen molar-refractivity contribution in [2.75, 3.05) is 19.8 Å². The lowest BCUT2D eigenvalue weighted by molar-refractivity contribution is -0.259. The Morgan fingerprint density at radius 3 is 2.04 bits per heavy atom. The van der Waals surface area contributed by atoms with Crippen LogP contribution in [0.1, 0.15) is 12.8 Å². The Balaban J connectivity index is 2.59. The van der Waals surface area contributed by atoms with Crippen LogP contribution in [0, 0.1) is 5.92 Å². The van der Waals surface area contributed by atoms with Crippen LogP contribution in [0.25, 0.3) is 0 Å². The van der Waals surface area contributed by atoms with E-state index < -0.39 is 52.4 Å². The van der Waals surface area contributed by atoms with Crippen molar-refractivity contribution in [3.05, 3.63) is 0 Å². The fourth-order valence-corrected chi connectivity index (χ4v) is 1.97. The van der Waals surface area contributed by atoms with Gasteiger partial charge in [0.25, 0.3) is 6.10 Å². The molecule has 0 aromatic carbocycles. The average Bonchev–Trinajstić information content (AvgIpc) is 2.38. The molecule has 1 unspecified atom stereocenters. The molecular weight excluding hydrogens is 387 g/mol. The van der Waals surface area contributed by atoms with E-state index in [1.165, 1.54) is 0 Å². The molecule has 0 amide bonds. The van der Waals surface area contributed by atoms with Gasteiger partial charge in [0.15, 0.2) is 0 Å². The van der Waals surface area contributed by atoms with Gasteiger partial charge in [0.05, 0.1) is 32.7 Å². The zero-order valence-electron chi connectivity index (χ0n) is 12.3. The van der Waals surface area contributed by atoms with E-state index in [4.69, 9.17) is 9.29 Å². The van der Waals surface area contributed by atoms with Crippen molar-refractivity contribution in [2.45, 2.75) is 30.4 Å². The quantitative estimate of drug-likeness (QED) is 0.363. The van der Waals surface area contributed by atoms with Gasteiger partial charge >= 0.3 is 33.5 Å². The van der Waals surface area contributed by atoms with Crippen molar-refractivity contribution in [2.24, 2.45) is 5.92 Å². The molecule has 0 spiro atoms. The van der Waals surface area contributed by atoms with Crippen LogP contribution in [-0.4, -0.2) is 62.3 Å². The molecule has 1 atom stereocenters. The molecule has 0 aromatic heterocycles. The largest absolute Gasteiger partial charge is 0.465 e. The summed E-state index contributed by atoms with van der Waals surface area (Å²) in [4.78, 5) is 22.5. The van der Waals surface area contributed by atoms with E-state index >= 15 is 0 Å². The zero-order chi connectivity index (χ0) is 19.5. The normalized spacial score (nSPS) is 17.5. The van der Waals surface area contributed by atoms with Gasteiger partial charge in [-0.25, -0.2) is 0 Å². The molecule has 0 aromatic rings. The molecule has 1 N–H and O–H groups in total. The van der Waals surface area contributed by atoms with E-state index in [0.29, 0.717) is 13.2 Å². The average molecular weight is 400 g/mol. The lowest BCUT2D eigenvalue weighted by Crippen LogP contribution is -2.52. The van der Waals surface area contributed by atoms with Crippen LogP contribution in [0.5, 0.6) is 0 Å². The standard InChI is InChI=1S/C11H13F5O8S/c12-10(13,14)9(11(15,16)25(19,20)21)24-8(18)2-1-7(17)23-5-6-3-22-4-6/h6,9H,1-5H2,(H,19,20,21). The van der Waals surface area contributed by atoms with Crippen LogP contribution in [0.15, 0.2) is 0 Å². The van der Waals surface area contributed by atoms with Gasteiger partial charge in [0.1, 0.15) is 0 Å². The van der Waals surface area contributed by atoms with Crippen LogP contribution in [0.4, 0.5) is 22.0 Å². The molecule has 146 valence electrons. The second kappa shape index (κ2) is 7.78. The number of alkyl halides is 5. The van der Waals surface area contributed by atoms with Crippen molar-refractivity contribution in [1.82, 2.24) is 0 Å². The summed E-state index contributed by atoms with van der Waals surface area (Å²) in [6.45, 7) is 0.667. The summed E-state index contributed by atoms with van der Waals surface area (Å²) in [5.74, 6) is -2.96. The third-order valence-electron chi connectivity index (χ3n) is 2.92. The third-order valence-corrected chi connectivity index (χ3v) is 3.82. The smallest absolute Gasteiger partial charge is 0.432 e. The van der Waals surface area contributed by atoms with Crippen LogP contribution < -0.4 is 0 Å². The van der Waals surface area contributed by atoms with E-state index in [2.05, 4.69) is 9.47 Å². The Morgan fingerprint density at radius 1 is 1.12 bits per heavy atom. The lowest BCUT2D eigenvalue weighted by atomic mass is 10.1. The Morgan fingerprint density at radius 2 is 1.64 bits per heavy atom. The summed E-state index contributed by atoms with van der Waals surface area (Å²) in [7, 11) is -6.51. The molecule has 8 nitrogen and oxygen atoms in total. The Hall–Kier alpha value is -1.54. The Bertz CT molecular complexity index is 598. The monoisotopic (exact) mass is 400 g/mol. The number of ether oxygens (including phenoxy) is 3. The maximum Gasteiger partial charge on any atom is 0.432 e. The van der Waals surface area contributed by atoms with Gasteiger partial charge in [-0.15, -0.1) is 0 Å². The number of halogens is 5. The maximum absolute atomic E-state index is 13.2. The Kier molecular flexibility index (Phi) is 6.69. The van der Waals surface area contributed by atoms with E-state index in [1.807, 2.05) is 0 Å². The number of esters is 2. The number of carbonyl (C=O) groups excluding carboxylic acids is 2. The van der Waals surface area contributed by atoms with Crippen LogP contribution in [0.3, 0.4) is 0 Å². The summed E-state index contributed by atoms with van der Waals surface area (Å²) in [5.41, 5.74) is 0. The SMILES string of the molecule is O=C(CCC(=O)OC(C(F)(F)F)C(F)(F)S(=O)(=O)O)OCC1COC1. The van der Waals surface area contributed by atoms with Crippen molar-refractivity contribution in [1.29, 1.82) is 0 Å². The first-order chi connectivity index (χ1) is 11.2. The number of hydrogen-bond acceptors (Lipinski definition) is 7. The van der Waals surface area contributed by atoms with E-state index in [0.717, 1.165) is 0 Å². The van der Waals surface area contributed by atoms with E-state index in [-0.39, 0.29) is 12.5 Å². The summed E-state index contributed by atoms with van der Waals surface area (Å²) >= 11 is 0. The van der Waals surface area contributed by atoms with Gasteiger partial charge in [-0.3, -0.25) is 14.1 Å². The predicted octanol–water partition coefficient (Wildman–Crippen LogP) is 0.911. The molecular formula is C11H13F5O8S. The van der Waals surface area contributed by atoms with Gasteiger partial charge in [0.2, 0.25) is 0 Å². The minimum atomic E-state index is -6.51. The highest BCUT2D eigenvalue weighted by atomic mass is 32.2. The van der Waals surface area contributed by atoms with Gasteiger partial charge in [-0.05, 0) is 0 Å². The van der Waals surface area contributed by atoms with Crippen LogP contribution in [0.2, 0.25) is 0 Å². The molecule has 25 heavy (non-hydrogen) atoms. The topological polar surface area (TPSA) is 116 Å². The molecule has 1 rings (SSSR count). The molecule has 0 saturated carbocycles. The summed E-state index contributed by atoms with van der Waals surface area (Å²) in [6.07, 6.45) is -12.2. The number of carbonyl (C=O) groups is 2. The maximum atomic E-state index is 13.2. The highest BCUT2D eigenvalue weighted by molar-refractivity contribution is 7.86. The Labute approximate surface area is 138 Å². The summed E-state index contributed by atoms with van der Waals surface area (Å²) in [6, 6.07) is 0. The van der Waals surface area contributed by atoms with Crippen molar-refractivity contribution < 1.29 is 58.7 Å². The summed E-state index contributed by atoms with van der Waals surface area (Å²) in [5, 5.41) is -5.81. The first kappa shape index (κ1) is 21.5. The zero-order valence-corrected chi connectivity index (χ0v) is 13.1. The second-order valence-electron chi connectivity index (χ2n) is 5.03. The lowest BCUT2D eigenvalue weighted by Gasteiger charge is -2.26. The molecule has 1 aliphatic rings. The third kappa shape index (κ3) is 6.04. The van der Waals surface area contributed by atoms with Crippen molar-refractivity contribution >= 4 is 22.1 Å². The van der Waals surface area contributed by atoms with Gasteiger partial charge < -0.3 is 14.2 Å². The molecule has 0 aliphatic carbocycles. The van der Waals surface area contributed by atoms with Gasteiger partial charge in [-0.1, -0.05) is 0 Å². The summed E-state index contributed by atoms with van der Waals surface area (Å²) < 4.78 is 106. The number of rotatable bonds is 8. The van der Waals surface area contributed by atoms with E-state index in [1.54, 1.807) is 0 Å². The fourth-order valence-electron chi connectivity index (χ4n) is 1.52. The molecule has 1 aliphatic heterocycles. The van der Waals surface area contributed by atoms with Crippen LogP contribution in [-0.2, 0) is 33.9 Å². The minimum Gasteiger partial charge on any atom is -0.465 e. The van der Waals surface area contributed by atoms with Crippen molar-refractivity contribution in [3.63, 3.8) is 0 Å². The molecule has 0 bridgehead atoms. The molecule has 0 radical (unpaired) electrons. The molecule has 1 fully saturated rings. The fraction of sp³-hybridized carbons (Fsp3) is 0.818. The molecule has 1 saturated heterocycles. The van der Waals surface area contributed by atoms with E-state index in [9.17, 15) is 40.0 Å². The van der Waals surface area contributed by atoms with Crippen molar-refractivity contribution in [3.8, 4) is 0 Å². The molecule has 1 heterocycles. The first-order valence-corrected chi connectivity index (χ1v) is 8.03. The number of hydrogen-bond donors (Lipinski definition) is 1. The minimum absolute atomic E-state index is 0.0418. The predicted molar refractivity (Wildman–Crippen MR) is 66.9 cm³/mol. The highest BCUT2D eigenvalue weighted by Crippen LogP contribution is 2.38. The second-order valence-corrected chi connectivity index (χ2v) is 6.53. The highest BCUT2D eigenvalue weighted by Gasteiger charge is 2.66. The van der Waals surface area contributed by atoms with Gasteiger partial charge in [0, 0.05) is 5.92 Å².